The van der Waals surface area contributed by atoms with Gasteiger partial charge in [-0.25, -0.2) is 0 Å². The number of aromatic hydroxyl groups is 2. The molecule has 24 heavy (non-hydrogen) atoms. The molecule has 0 spiro atoms. The monoisotopic (exact) mass is 332 g/mol. The van der Waals surface area contributed by atoms with Crippen LogP contribution in [0.5, 0.6) is 17.2 Å². The third-order valence-electron chi connectivity index (χ3n) is 5.28. The minimum atomic E-state index is -0.294. The first-order valence-corrected chi connectivity index (χ1v) is 9.24. The number of unbranched alkanes of at least 4 members (excludes halogenated alkanes) is 2. The minimum Gasteiger partial charge on any atom is -0.504 e. The van der Waals surface area contributed by atoms with E-state index in [1.165, 1.54) is 5.57 Å². The van der Waals surface area contributed by atoms with E-state index < -0.39 is 0 Å². The Balaban J connectivity index is 2.09. The van der Waals surface area contributed by atoms with Crippen LogP contribution in [-0.2, 0) is 6.42 Å². The van der Waals surface area contributed by atoms with E-state index in [4.69, 9.17) is 4.74 Å². The van der Waals surface area contributed by atoms with Crippen LogP contribution in [0.1, 0.15) is 71.3 Å². The Hall–Kier alpha value is -1.64. The van der Waals surface area contributed by atoms with E-state index in [-0.39, 0.29) is 17.1 Å². The highest BCUT2D eigenvalue weighted by Crippen LogP contribution is 2.43. The number of hydrogen-bond donors (Lipinski definition) is 2. The molecule has 1 aliphatic rings. The molecular formula is C21H32O3. The summed E-state index contributed by atoms with van der Waals surface area (Å²) in [5.74, 6) is 0.762. The van der Waals surface area contributed by atoms with E-state index in [1.807, 2.05) is 6.07 Å². The quantitative estimate of drug-likeness (QED) is 0.380. The Morgan fingerprint density at radius 2 is 1.92 bits per heavy atom. The molecule has 1 fully saturated rings. The lowest BCUT2D eigenvalue weighted by Crippen LogP contribution is -2.37. The number of rotatable bonds is 7. The molecule has 0 saturated heterocycles. The Morgan fingerprint density at radius 1 is 1.25 bits per heavy atom. The van der Waals surface area contributed by atoms with Crippen molar-refractivity contribution in [1.29, 1.82) is 0 Å². The lowest BCUT2D eigenvalue weighted by Gasteiger charge is -2.38. The zero-order valence-corrected chi connectivity index (χ0v) is 15.4. The molecule has 0 radical (unpaired) electrons. The Kier molecular flexibility index (Phi) is 6.20. The normalized spacial score (nSPS) is 23.9. The second kappa shape index (κ2) is 7.96. The van der Waals surface area contributed by atoms with Crippen LogP contribution in [-0.4, -0.2) is 15.8 Å². The molecule has 134 valence electrons. The smallest absolute Gasteiger partial charge is 0.200 e. The van der Waals surface area contributed by atoms with Gasteiger partial charge in [0.25, 0.3) is 0 Å². The number of allylic oxidation sites excluding steroid dienone is 1. The van der Waals surface area contributed by atoms with Gasteiger partial charge in [-0.1, -0.05) is 31.9 Å². The van der Waals surface area contributed by atoms with Crippen LogP contribution < -0.4 is 4.74 Å². The van der Waals surface area contributed by atoms with Gasteiger partial charge in [0, 0.05) is 0 Å². The van der Waals surface area contributed by atoms with Crippen LogP contribution in [0.25, 0.3) is 0 Å². The van der Waals surface area contributed by atoms with Crippen molar-refractivity contribution in [3.63, 3.8) is 0 Å². The first kappa shape index (κ1) is 18.7. The molecule has 3 nitrogen and oxygen atoms in total. The van der Waals surface area contributed by atoms with Crippen LogP contribution in [0, 0.1) is 5.92 Å². The maximum Gasteiger partial charge on any atom is 0.200 e. The average Bonchev–Trinajstić information content (AvgIpc) is 2.52. The molecule has 0 aromatic heterocycles. The predicted molar refractivity (Wildman–Crippen MR) is 98.8 cm³/mol. The highest BCUT2D eigenvalue weighted by Gasteiger charge is 2.34. The second-order valence-corrected chi connectivity index (χ2v) is 7.59. The molecule has 0 atom stereocenters. The van der Waals surface area contributed by atoms with Crippen LogP contribution in [0.3, 0.4) is 0 Å². The van der Waals surface area contributed by atoms with Crippen LogP contribution in [0.15, 0.2) is 24.3 Å². The van der Waals surface area contributed by atoms with Crippen molar-refractivity contribution in [2.24, 2.45) is 5.92 Å². The Bertz CT molecular complexity index is 569. The fourth-order valence-electron chi connectivity index (χ4n) is 3.54. The van der Waals surface area contributed by atoms with Gasteiger partial charge in [0.05, 0.1) is 0 Å². The number of hydrogen-bond acceptors (Lipinski definition) is 3. The summed E-state index contributed by atoms with van der Waals surface area (Å²) in [6, 6.07) is 3.54. The van der Waals surface area contributed by atoms with E-state index in [2.05, 4.69) is 27.4 Å². The summed E-state index contributed by atoms with van der Waals surface area (Å²) >= 11 is 0. The van der Waals surface area contributed by atoms with Gasteiger partial charge in [-0.15, -0.1) is 0 Å². The standard InChI is InChI=1S/C21H32O3/c1-5-6-7-8-16-13-18(22)20(23)19(14-16)24-21(4)11-9-17(10-12-21)15(2)3/h13-14,17,22-23H,2,5-12H2,1,3-4H3. The second-order valence-electron chi connectivity index (χ2n) is 7.59. The molecule has 3 heteroatoms. The van der Waals surface area contributed by atoms with Crippen molar-refractivity contribution >= 4 is 0 Å². The molecule has 2 rings (SSSR count). The van der Waals surface area contributed by atoms with Gasteiger partial charge in [0.2, 0.25) is 5.75 Å². The molecule has 0 unspecified atom stereocenters. The number of phenols is 2. The molecule has 1 aromatic rings. The summed E-state index contributed by atoms with van der Waals surface area (Å²) < 4.78 is 6.19. The summed E-state index contributed by atoms with van der Waals surface area (Å²) in [7, 11) is 0. The van der Waals surface area contributed by atoms with Gasteiger partial charge in [-0.05, 0) is 76.0 Å². The SMILES string of the molecule is C=C(C)C1CCC(C)(Oc2cc(CCCCC)cc(O)c2O)CC1. The van der Waals surface area contributed by atoms with Gasteiger partial charge >= 0.3 is 0 Å². The zero-order valence-electron chi connectivity index (χ0n) is 15.4. The van der Waals surface area contributed by atoms with Crippen molar-refractivity contribution < 1.29 is 14.9 Å². The summed E-state index contributed by atoms with van der Waals surface area (Å²) in [6.07, 6.45) is 8.30. The zero-order chi connectivity index (χ0) is 17.7. The third-order valence-corrected chi connectivity index (χ3v) is 5.28. The van der Waals surface area contributed by atoms with E-state index in [1.54, 1.807) is 6.07 Å². The van der Waals surface area contributed by atoms with Crippen LogP contribution in [0.2, 0.25) is 0 Å². The van der Waals surface area contributed by atoms with Crippen molar-refractivity contribution in [3.05, 3.63) is 29.8 Å². The molecule has 0 bridgehead atoms. The number of ether oxygens (including phenoxy) is 1. The van der Waals surface area contributed by atoms with Crippen molar-refractivity contribution in [2.45, 2.75) is 77.7 Å². The lowest BCUT2D eigenvalue weighted by atomic mass is 9.77. The van der Waals surface area contributed by atoms with E-state index in [0.717, 1.165) is 56.9 Å². The van der Waals surface area contributed by atoms with Crippen molar-refractivity contribution in [1.82, 2.24) is 0 Å². The van der Waals surface area contributed by atoms with Crippen molar-refractivity contribution in [3.8, 4) is 17.2 Å². The summed E-state index contributed by atoms with van der Waals surface area (Å²) in [4.78, 5) is 0. The molecule has 1 aromatic carbocycles. The third kappa shape index (κ3) is 4.68. The molecule has 1 saturated carbocycles. The lowest BCUT2D eigenvalue weighted by molar-refractivity contribution is 0.0350. The summed E-state index contributed by atoms with van der Waals surface area (Å²) in [5, 5.41) is 20.2. The fraction of sp³-hybridized carbons (Fsp3) is 0.619. The number of phenolic OH excluding ortho intramolecular Hbond substituents is 2. The van der Waals surface area contributed by atoms with Gasteiger partial charge < -0.3 is 14.9 Å². The highest BCUT2D eigenvalue weighted by molar-refractivity contribution is 5.52. The fourth-order valence-corrected chi connectivity index (χ4v) is 3.54. The maximum absolute atomic E-state index is 10.2. The molecule has 0 amide bonds. The largest absolute Gasteiger partial charge is 0.504 e. The minimum absolute atomic E-state index is 0.0850. The van der Waals surface area contributed by atoms with E-state index in [9.17, 15) is 10.2 Å². The van der Waals surface area contributed by atoms with Gasteiger partial charge in [0.15, 0.2) is 11.5 Å². The van der Waals surface area contributed by atoms with Crippen LogP contribution >= 0.6 is 0 Å². The number of aryl methyl sites for hydroxylation is 1. The summed E-state index contributed by atoms with van der Waals surface area (Å²) in [5.41, 5.74) is 1.97. The van der Waals surface area contributed by atoms with Crippen molar-refractivity contribution in [2.75, 3.05) is 0 Å². The van der Waals surface area contributed by atoms with Crippen LogP contribution in [0.4, 0.5) is 0 Å². The molecular weight excluding hydrogens is 300 g/mol. The first-order chi connectivity index (χ1) is 11.3. The van der Waals surface area contributed by atoms with Gasteiger partial charge in [0.1, 0.15) is 5.60 Å². The predicted octanol–water partition coefficient (Wildman–Crippen LogP) is 5.73. The molecule has 2 N–H and O–H groups in total. The first-order valence-electron chi connectivity index (χ1n) is 9.24. The molecule has 0 heterocycles. The van der Waals surface area contributed by atoms with Gasteiger partial charge in [-0.3, -0.25) is 0 Å². The van der Waals surface area contributed by atoms with E-state index in [0.29, 0.717) is 11.7 Å². The Labute approximate surface area is 146 Å². The summed E-state index contributed by atoms with van der Waals surface area (Å²) in [6.45, 7) is 10.4. The maximum atomic E-state index is 10.2. The topological polar surface area (TPSA) is 49.7 Å². The molecule has 1 aliphatic carbocycles. The van der Waals surface area contributed by atoms with E-state index >= 15 is 0 Å². The number of benzene rings is 1. The molecule has 0 aliphatic heterocycles. The Morgan fingerprint density at radius 3 is 2.50 bits per heavy atom. The van der Waals surface area contributed by atoms with Gasteiger partial charge in [-0.2, -0.15) is 0 Å². The average molecular weight is 332 g/mol. The highest BCUT2D eigenvalue weighted by atomic mass is 16.5.